The molecule has 0 spiro atoms. The third kappa shape index (κ3) is 7.19. The van der Waals surface area contributed by atoms with Gasteiger partial charge in [0, 0.05) is 6.54 Å². The van der Waals surface area contributed by atoms with E-state index in [1.54, 1.807) is 27.8 Å². The van der Waals surface area contributed by atoms with E-state index in [-0.39, 0.29) is 13.1 Å². The third-order valence-electron chi connectivity index (χ3n) is 1.62. The average molecular weight is 232 g/mol. The van der Waals surface area contributed by atoms with Gasteiger partial charge in [-0.3, -0.25) is 14.5 Å². The second-order valence-electron chi connectivity index (χ2n) is 4.73. The molecule has 0 saturated heterocycles. The molecule has 0 aromatic carbocycles. The molecular formula is C10H20N2O4. The molecule has 0 aliphatic carbocycles. The van der Waals surface area contributed by atoms with E-state index in [9.17, 15) is 9.59 Å². The summed E-state index contributed by atoms with van der Waals surface area (Å²) in [4.78, 5) is 23.3. The van der Waals surface area contributed by atoms with Crippen molar-refractivity contribution in [2.75, 3.05) is 20.1 Å². The van der Waals surface area contributed by atoms with E-state index in [0.717, 1.165) is 0 Å². The van der Waals surface area contributed by atoms with Crippen LogP contribution in [0.3, 0.4) is 0 Å². The van der Waals surface area contributed by atoms with E-state index in [1.807, 2.05) is 0 Å². The Morgan fingerprint density at radius 2 is 1.94 bits per heavy atom. The van der Waals surface area contributed by atoms with Crippen molar-refractivity contribution in [3.8, 4) is 0 Å². The van der Waals surface area contributed by atoms with Gasteiger partial charge in [-0.2, -0.15) is 0 Å². The van der Waals surface area contributed by atoms with Crippen LogP contribution in [0, 0.1) is 0 Å². The molecule has 6 heteroatoms. The van der Waals surface area contributed by atoms with Crippen LogP contribution in [0.5, 0.6) is 0 Å². The average Bonchev–Trinajstić information content (AvgIpc) is 1.98. The Labute approximate surface area is 95.4 Å². The molecule has 6 nitrogen and oxygen atoms in total. The summed E-state index contributed by atoms with van der Waals surface area (Å²) in [7, 11) is 1.58. The second kappa shape index (κ2) is 5.81. The number of nitrogens with zero attached hydrogens (tertiary/aromatic N) is 1. The first-order valence-electron chi connectivity index (χ1n) is 5.00. The van der Waals surface area contributed by atoms with E-state index in [2.05, 4.69) is 0 Å². The molecule has 3 N–H and O–H groups in total. The van der Waals surface area contributed by atoms with E-state index < -0.39 is 23.6 Å². The molecule has 0 rings (SSSR count). The maximum Gasteiger partial charge on any atom is 0.324 e. The standard InChI is InChI=1S/C10H20N2O4/c1-10(2,3)16-9(15)7(11)5-12(4)6-8(13)14/h7H,5-6,11H2,1-4H3,(H,13,14). The lowest BCUT2D eigenvalue weighted by Gasteiger charge is -2.24. The van der Waals surface area contributed by atoms with Crippen molar-refractivity contribution in [2.24, 2.45) is 5.73 Å². The van der Waals surface area contributed by atoms with Gasteiger partial charge in [0.15, 0.2) is 0 Å². The number of carboxylic acid groups (broad SMARTS) is 1. The number of carbonyl (C=O) groups is 2. The zero-order valence-electron chi connectivity index (χ0n) is 10.2. The summed E-state index contributed by atoms with van der Waals surface area (Å²) < 4.78 is 5.07. The molecule has 0 aliphatic rings. The summed E-state index contributed by atoms with van der Waals surface area (Å²) in [6.07, 6.45) is 0. The number of rotatable bonds is 5. The minimum absolute atomic E-state index is 0.154. The lowest BCUT2D eigenvalue weighted by atomic mass is 10.2. The Morgan fingerprint density at radius 1 is 1.44 bits per heavy atom. The molecule has 0 saturated carbocycles. The Morgan fingerprint density at radius 3 is 2.31 bits per heavy atom. The molecule has 94 valence electrons. The van der Waals surface area contributed by atoms with E-state index in [4.69, 9.17) is 15.6 Å². The summed E-state index contributed by atoms with van der Waals surface area (Å²) in [5, 5.41) is 8.52. The van der Waals surface area contributed by atoms with Gasteiger partial charge >= 0.3 is 11.9 Å². The number of likely N-dealkylation sites (N-methyl/N-ethyl adjacent to an activating group) is 1. The van der Waals surface area contributed by atoms with Crippen LogP contribution in [0.15, 0.2) is 0 Å². The first-order chi connectivity index (χ1) is 7.11. The molecule has 1 atom stereocenters. The number of nitrogens with two attached hydrogens (primary N) is 1. The molecule has 0 bridgehead atoms. The quantitative estimate of drug-likeness (QED) is 0.631. The summed E-state index contributed by atoms with van der Waals surface area (Å²) in [5.74, 6) is -1.48. The maximum absolute atomic E-state index is 11.5. The SMILES string of the molecule is CN(CC(=O)O)CC(N)C(=O)OC(C)(C)C. The van der Waals surface area contributed by atoms with E-state index in [0.29, 0.717) is 0 Å². The monoisotopic (exact) mass is 232 g/mol. The zero-order valence-corrected chi connectivity index (χ0v) is 10.2. The minimum Gasteiger partial charge on any atom is -0.480 e. The van der Waals surface area contributed by atoms with Gasteiger partial charge in [-0.1, -0.05) is 0 Å². The molecule has 0 radical (unpaired) electrons. The van der Waals surface area contributed by atoms with Gasteiger partial charge in [0.25, 0.3) is 0 Å². The topological polar surface area (TPSA) is 92.9 Å². The van der Waals surface area contributed by atoms with Gasteiger partial charge in [0.2, 0.25) is 0 Å². The Kier molecular flexibility index (Phi) is 5.40. The highest BCUT2D eigenvalue weighted by atomic mass is 16.6. The highest BCUT2D eigenvalue weighted by Gasteiger charge is 2.23. The molecular weight excluding hydrogens is 212 g/mol. The number of hydrogen-bond donors (Lipinski definition) is 2. The van der Waals surface area contributed by atoms with Crippen LogP contribution >= 0.6 is 0 Å². The first-order valence-corrected chi connectivity index (χ1v) is 5.00. The maximum atomic E-state index is 11.5. The first kappa shape index (κ1) is 14.9. The fourth-order valence-electron chi connectivity index (χ4n) is 1.08. The lowest BCUT2D eigenvalue weighted by Crippen LogP contribution is -2.45. The molecule has 1 unspecified atom stereocenters. The van der Waals surface area contributed by atoms with Gasteiger partial charge in [-0.15, -0.1) is 0 Å². The number of esters is 1. The summed E-state index contributed by atoms with van der Waals surface area (Å²) >= 11 is 0. The van der Waals surface area contributed by atoms with Crippen molar-refractivity contribution in [1.82, 2.24) is 4.90 Å². The summed E-state index contributed by atoms with van der Waals surface area (Å²) in [5.41, 5.74) is 5.01. The zero-order chi connectivity index (χ0) is 12.9. The van der Waals surface area contributed by atoms with Crippen LogP contribution in [0.2, 0.25) is 0 Å². The van der Waals surface area contributed by atoms with Gasteiger partial charge in [0.05, 0.1) is 6.54 Å². The van der Waals surface area contributed by atoms with Crippen molar-refractivity contribution in [1.29, 1.82) is 0 Å². The number of carbonyl (C=O) groups excluding carboxylic acids is 1. The fourth-order valence-corrected chi connectivity index (χ4v) is 1.08. The largest absolute Gasteiger partial charge is 0.480 e. The van der Waals surface area contributed by atoms with Crippen LogP contribution < -0.4 is 5.73 Å². The molecule has 0 heterocycles. The van der Waals surface area contributed by atoms with Crippen LogP contribution in [-0.2, 0) is 14.3 Å². The van der Waals surface area contributed by atoms with Crippen LogP contribution in [0.25, 0.3) is 0 Å². The third-order valence-corrected chi connectivity index (χ3v) is 1.62. The summed E-state index contributed by atoms with van der Waals surface area (Å²) in [6, 6.07) is -0.830. The minimum atomic E-state index is -0.959. The molecule has 0 aliphatic heterocycles. The van der Waals surface area contributed by atoms with Crippen LogP contribution in [0.4, 0.5) is 0 Å². The Bertz CT molecular complexity index is 260. The highest BCUT2D eigenvalue weighted by Crippen LogP contribution is 2.08. The molecule has 0 aromatic rings. The number of carboxylic acids is 1. The van der Waals surface area contributed by atoms with Crippen molar-refractivity contribution in [3.05, 3.63) is 0 Å². The number of ether oxygens (including phenoxy) is 1. The predicted molar refractivity (Wildman–Crippen MR) is 59.0 cm³/mol. The molecule has 0 fully saturated rings. The van der Waals surface area contributed by atoms with Gasteiger partial charge in [0.1, 0.15) is 11.6 Å². The lowest BCUT2D eigenvalue weighted by molar-refractivity contribution is -0.157. The highest BCUT2D eigenvalue weighted by molar-refractivity contribution is 5.76. The summed E-state index contributed by atoms with van der Waals surface area (Å²) in [6.45, 7) is 5.24. The normalized spacial score (nSPS) is 13.6. The van der Waals surface area contributed by atoms with Crippen LogP contribution in [0.1, 0.15) is 20.8 Å². The van der Waals surface area contributed by atoms with Crippen molar-refractivity contribution >= 4 is 11.9 Å². The van der Waals surface area contributed by atoms with Crippen molar-refractivity contribution in [3.63, 3.8) is 0 Å². The van der Waals surface area contributed by atoms with Gasteiger partial charge in [-0.05, 0) is 27.8 Å². The van der Waals surface area contributed by atoms with E-state index in [1.165, 1.54) is 4.90 Å². The molecule has 0 amide bonds. The van der Waals surface area contributed by atoms with Crippen molar-refractivity contribution in [2.45, 2.75) is 32.4 Å². The Hall–Kier alpha value is -1.14. The van der Waals surface area contributed by atoms with Gasteiger partial charge in [-0.25, -0.2) is 0 Å². The smallest absolute Gasteiger partial charge is 0.324 e. The number of hydrogen-bond acceptors (Lipinski definition) is 5. The predicted octanol–water partition coefficient (Wildman–Crippen LogP) is -0.328. The molecule has 16 heavy (non-hydrogen) atoms. The van der Waals surface area contributed by atoms with Gasteiger partial charge < -0.3 is 15.6 Å². The fraction of sp³-hybridized carbons (Fsp3) is 0.800. The van der Waals surface area contributed by atoms with E-state index >= 15 is 0 Å². The van der Waals surface area contributed by atoms with Crippen LogP contribution in [-0.4, -0.2) is 53.7 Å². The molecule has 0 aromatic heterocycles. The Balaban J connectivity index is 4.10. The number of aliphatic carboxylic acids is 1. The van der Waals surface area contributed by atoms with Crippen molar-refractivity contribution < 1.29 is 19.4 Å². The second-order valence-corrected chi connectivity index (χ2v) is 4.73.